The highest BCUT2D eigenvalue weighted by atomic mass is 32.2. The molecule has 6 nitrogen and oxygen atoms in total. The van der Waals surface area contributed by atoms with Gasteiger partial charge in [-0.05, 0) is 20.8 Å². The lowest BCUT2D eigenvalue weighted by Crippen LogP contribution is -2.35. The topological polar surface area (TPSA) is 81.7 Å². The van der Waals surface area contributed by atoms with Crippen LogP contribution < -0.4 is 5.09 Å². The second-order valence-corrected chi connectivity index (χ2v) is 10.1. The van der Waals surface area contributed by atoms with Gasteiger partial charge in [0.15, 0.2) is 5.12 Å². The van der Waals surface area contributed by atoms with Gasteiger partial charge >= 0.3 is 5.97 Å². The number of thioether (sulfide) groups is 1. The highest BCUT2D eigenvalue weighted by Gasteiger charge is 2.28. The monoisotopic (exact) mass is 367 g/mol. The van der Waals surface area contributed by atoms with Crippen molar-refractivity contribution in [1.82, 2.24) is 5.09 Å². The zero-order valence-corrected chi connectivity index (χ0v) is 16.9. The lowest BCUT2D eigenvalue weighted by atomic mass is 10.00. The number of carbonyl (C=O) groups is 2. The van der Waals surface area contributed by atoms with Gasteiger partial charge in [0, 0.05) is 17.3 Å². The van der Waals surface area contributed by atoms with E-state index in [0.717, 1.165) is 11.8 Å². The second-order valence-electron chi connectivity index (χ2n) is 6.55. The Bertz CT molecular complexity index is 448. The van der Waals surface area contributed by atoms with E-state index in [9.17, 15) is 14.2 Å². The molecule has 0 aliphatic rings. The van der Waals surface area contributed by atoms with Crippen LogP contribution in [0.5, 0.6) is 0 Å². The number of nitrogens with one attached hydrogen (secondary N) is 1. The summed E-state index contributed by atoms with van der Waals surface area (Å²) >= 11 is 1.16. The molecule has 2 atom stereocenters. The summed E-state index contributed by atoms with van der Waals surface area (Å²) in [4.78, 5) is 23.6. The van der Waals surface area contributed by atoms with E-state index in [2.05, 4.69) is 5.09 Å². The number of ether oxygens (including phenoxy) is 1. The molecule has 23 heavy (non-hydrogen) atoms. The molecule has 8 heteroatoms. The fourth-order valence-corrected chi connectivity index (χ4v) is 3.87. The van der Waals surface area contributed by atoms with Crippen LogP contribution in [-0.2, 0) is 23.4 Å². The van der Waals surface area contributed by atoms with Crippen molar-refractivity contribution in [3.8, 4) is 0 Å². The first-order chi connectivity index (χ1) is 10.4. The van der Waals surface area contributed by atoms with Crippen LogP contribution in [0.25, 0.3) is 0 Å². The number of hydrogen-bond acceptors (Lipinski definition) is 6. The Hall–Kier alpha value is -0.360. The summed E-state index contributed by atoms with van der Waals surface area (Å²) in [6.07, 6.45) is 0.0259. The van der Waals surface area contributed by atoms with Crippen molar-refractivity contribution in [2.24, 2.45) is 5.41 Å². The third-order valence-corrected chi connectivity index (χ3v) is 6.20. The quantitative estimate of drug-likeness (QED) is 0.380. The van der Waals surface area contributed by atoms with Crippen LogP contribution in [0.1, 0.15) is 48.5 Å². The summed E-state index contributed by atoms with van der Waals surface area (Å²) in [6, 6.07) is -0.716. The Morgan fingerprint density at radius 2 is 1.78 bits per heavy atom. The van der Waals surface area contributed by atoms with E-state index in [1.807, 2.05) is 20.8 Å². The van der Waals surface area contributed by atoms with Crippen LogP contribution in [0.4, 0.5) is 0 Å². The Morgan fingerprint density at radius 3 is 2.22 bits per heavy atom. The highest BCUT2D eigenvalue weighted by Crippen LogP contribution is 2.42. The van der Waals surface area contributed by atoms with Crippen molar-refractivity contribution in [3.05, 3.63) is 0 Å². The number of esters is 1. The Balaban J connectivity index is 4.38. The summed E-state index contributed by atoms with van der Waals surface area (Å²) in [5.74, 6) is -0.0402. The number of hydrogen-bond donors (Lipinski definition) is 1. The van der Waals surface area contributed by atoms with Gasteiger partial charge in [-0.1, -0.05) is 39.5 Å². The molecule has 136 valence electrons. The van der Waals surface area contributed by atoms with E-state index in [1.54, 1.807) is 27.7 Å². The van der Waals surface area contributed by atoms with Gasteiger partial charge in [0.05, 0.1) is 12.7 Å². The van der Waals surface area contributed by atoms with Crippen LogP contribution >= 0.6 is 19.3 Å². The average Bonchev–Trinajstić information content (AvgIpc) is 2.41. The van der Waals surface area contributed by atoms with E-state index in [-0.39, 0.29) is 24.0 Å². The predicted octanol–water partition coefficient (Wildman–Crippen LogP) is 3.45. The van der Waals surface area contributed by atoms with Gasteiger partial charge in [-0.15, -0.1) is 0 Å². The maximum atomic E-state index is 12.6. The molecule has 1 unspecified atom stereocenters. The third-order valence-electron chi connectivity index (χ3n) is 2.74. The lowest BCUT2D eigenvalue weighted by molar-refractivity contribution is -0.149. The summed E-state index contributed by atoms with van der Waals surface area (Å²) in [7, 11) is -3.13. The molecule has 0 aromatic carbocycles. The van der Waals surface area contributed by atoms with Crippen molar-refractivity contribution >= 4 is 30.4 Å². The van der Waals surface area contributed by atoms with Gasteiger partial charge in [0.2, 0.25) is 0 Å². The zero-order valence-electron chi connectivity index (χ0n) is 15.2. The smallest absolute Gasteiger partial charge is 0.323 e. The van der Waals surface area contributed by atoms with Crippen molar-refractivity contribution in [1.29, 1.82) is 0 Å². The minimum Gasteiger partial charge on any atom is -0.462 e. The third kappa shape index (κ3) is 9.50. The van der Waals surface area contributed by atoms with Gasteiger partial charge in [-0.2, -0.15) is 0 Å². The van der Waals surface area contributed by atoms with Gasteiger partial charge < -0.3 is 9.26 Å². The van der Waals surface area contributed by atoms with Crippen molar-refractivity contribution in [2.45, 2.75) is 60.6 Å². The minimum absolute atomic E-state index is 0.0641. The maximum Gasteiger partial charge on any atom is 0.323 e. The fraction of sp³-hybridized carbons (Fsp3) is 0.867. The van der Waals surface area contributed by atoms with Crippen molar-refractivity contribution in [2.75, 3.05) is 18.5 Å². The second kappa shape index (κ2) is 9.82. The van der Waals surface area contributed by atoms with Gasteiger partial charge in [-0.3, -0.25) is 14.2 Å². The molecule has 0 saturated carbocycles. The molecule has 0 aliphatic carbocycles. The number of carbonyl (C=O) groups excluding carboxylic acids is 2. The van der Waals surface area contributed by atoms with E-state index in [0.29, 0.717) is 5.75 Å². The predicted molar refractivity (Wildman–Crippen MR) is 94.8 cm³/mol. The van der Waals surface area contributed by atoms with Gasteiger partial charge in [0.1, 0.15) is 6.04 Å². The molecule has 0 rings (SSSR count). The molecule has 0 aromatic heterocycles. The Kier molecular flexibility index (Phi) is 9.67. The SMILES string of the molecule is CCP(=O)(N[C@@H](C)C(=O)OC(C)C)OCCSC(=O)C(C)(C)C. The first-order valence-corrected chi connectivity index (χ1v) is 10.6. The van der Waals surface area contributed by atoms with E-state index in [4.69, 9.17) is 9.26 Å². The van der Waals surface area contributed by atoms with Crippen LogP contribution in [0, 0.1) is 5.41 Å². The van der Waals surface area contributed by atoms with Crippen LogP contribution in [-0.4, -0.2) is 41.8 Å². The standard InChI is InChI=1S/C15H30NO5PS/c1-8-22(19,16-12(4)13(17)21-11(2)3)20-9-10-23-14(18)15(5,6)7/h11-12H,8-10H2,1-7H3,(H,16,19)/t12-,22?/m0/s1. The molecule has 0 heterocycles. The van der Waals surface area contributed by atoms with E-state index in [1.165, 1.54) is 0 Å². The lowest BCUT2D eigenvalue weighted by Gasteiger charge is -2.22. The summed E-state index contributed by atoms with van der Waals surface area (Å²) < 4.78 is 23.1. The molecule has 0 radical (unpaired) electrons. The molecule has 0 saturated heterocycles. The molecule has 0 bridgehead atoms. The molecule has 0 fully saturated rings. The first-order valence-electron chi connectivity index (χ1n) is 7.80. The molecule has 0 amide bonds. The zero-order chi connectivity index (χ0) is 18.3. The van der Waals surface area contributed by atoms with Crippen LogP contribution in [0.15, 0.2) is 0 Å². The average molecular weight is 367 g/mol. The molecular weight excluding hydrogens is 337 g/mol. The van der Waals surface area contributed by atoms with Crippen LogP contribution in [0.3, 0.4) is 0 Å². The molecule has 0 spiro atoms. The fourth-order valence-electron chi connectivity index (χ4n) is 1.44. The summed E-state index contributed by atoms with van der Waals surface area (Å²) in [6.45, 7) is 12.6. The molecular formula is C15H30NO5PS. The van der Waals surface area contributed by atoms with Gasteiger partial charge in [-0.25, -0.2) is 5.09 Å². The van der Waals surface area contributed by atoms with E-state index >= 15 is 0 Å². The Labute approximate surface area is 144 Å². The van der Waals surface area contributed by atoms with Gasteiger partial charge in [0.25, 0.3) is 7.52 Å². The van der Waals surface area contributed by atoms with Crippen LogP contribution in [0.2, 0.25) is 0 Å². The minimum atomic E-state index is -3.13. The molecule has 1 N–H and O–H groups in total. The van der Waals surface area contributed by atoms with Crippen molar-refractivity contribution in [3.63, 3.8) is 0 Å². The Morgan fingerprint density at radius 1 is 1.22 bits per heavy atom. The summed E-state index contributed by atoms with van der Waals surface area (Å²) in [5, 5.41) is 2.80. The van der Waals surface area contributed by atoms with E-state index < -0.39 is 24.9 Å². The van der Waals surface area contributed by atoms with Crippen molar-refractivity contribution < 1.29 is 23.4 Å². The largest absolute Gasteiger partial charge is 0.462 e. The number of rotatable bonds is 9. The highest BCUT2D eigenvalue weighted by molar-refractivity contribution is 8.13. The normalized spacial score (nSPS) is 16.0. The molecule has 0 aliphatic heterocycles. The maximum absolute atomic E-state index is 12.6. The molecule has 0 aromatic rings. The first kappa shape index (κ1) is 22.6. The summed E-state index contributed by atoms with van der Waals surface area (Å²) in [5.41, 5.74) is -0.410.